The molecule has 0 spiro atoms. The number of piperazine rings is 1. The van der Waals surface area contributed by atoms with Gasteiger partial charge in [-0.3, -0.25) is 4.90 Å². The zero-order chi connectivity index (χ0) is 20.2. The van der Waals surface area contributed by atoms with Crippen LogP contribution in [0, 0.1) is 5.82 Å². The van der Waals surface area contributed by atoms with Gasteiger partial charge in [0.1, 0.15) is 16.9 Å². The fourth-order valence-electron chi connectivity index (χ4n) is 3.92. The molecule has 150 valence electrons. The number of carbonyl (C=O) groups excluding carboxylic acids is 1. The highest BCUT2D eigenvalue weighted by molar-refractivity contribution is 6.30. The van der Waals surface area contributed by atoms with Gasteiger partial charge < -0.3 is 9.64 Å². The van der Waals surface area contributed by atoms with Crippen molar-refractivity contribution >= 4 is 46.0 Å². The number of fused-ring (bicyclic) bond motifs is 3. The zero-order valence-corrected chi connectivity index (χ0v) is 17.3. The SMILES string of the molecule is CC(C)(C)OC(=O)N1[C@@H]2CC[C@H]1CN(c1nc(Cl)nc3c(F)c(Cl)ncc13)C2. The molecule has 2 aliphatic rings. The Morgan fingerprint density at radius 2 is 1.86 bits per heavy atom. The third-order valence-electron chi connectivity index (χ3n) is 4.98. The van der Waals surface area contributed by atoms with Crippen LogP contribution < -0.4 is 4.90 Å². The average molecular weight is 428 g/mol. The summed E-state index contributed by atoms with van der Waals surface area (Å²) in [7, 11) is 0. The number of hydrogen-bond donors (Lipinski definition) is 0. The molecule has 0 radical (unpaired) electrons. The fourth-order valence-corrected chi connectivity index (χ4v) is 4.23. The summed E-state index contributed by atoms with van der Waals surface area (Å²) in [5.74, 6) is -0.223. The molecule has 0 aromatic carbocycles. The quantitative estimate of drug-likeness (QED) is 0.504. The first-order valence-electron chi connectivity index (χ1n) is 9.07. The van der Waals surface area contributed by atoms with Crippen LogP contribution in [0.15, 0.2) is 6.20 Å². The molecule has 0 unspecified atom stereocenters. The molecule has 2 saturated heterocycles. The fraction of sp³-hybridized carbons (Fsp3) is 0.556. The maximum atomic E-state index is 14.4. The Balaban J connectivity index is 1.65. The van der Waals surface area contributed by atoms with E-state index in [1.165, 1.54) is 6.20 Å². The molecule has 28 heavy (non-hydrogen) atoms. The Hall–Kier alpha value is -1.93. The van der Waals surface area contributed by atoms with E-state index in [1.807, 2.05) is 30.6 Å². The molecule has 0 N–H and O–H groups in total. The first-order valence-corrected chi connectivity index (χ1v) is 9.83. The smallest absolute Gasteiger partial charge is 0.410 e. The average Bonchev–Trinajstić information content (AvgIpc) is 2.87. The van der Waals surface area contributed by atoms with Crippen molar-refractivity contribution in [3.05, 3.63) is 22.5 Å². The Labute approximate surface area is 171 Å². The Kier molecular flexibility index (Phi) is 4.74. The molecule has 4 heterocycles. The van der Waals surface area contributed by atoms with Crippen LogP contribution in [-0.2, 0) is 4.74 Å². The molecule has 2 atom stereocenters. The van der Waals surface area contributed by atoms with Crippen molar-refractivity contribution < 1.29 is 13.9 Å². The predicted molar refractivity (Wildman–Crippen MR) is 104 cm³/mol. The van der Waals surface area contributed by atoms with Gasteiger partial charge in [0.2, 0.25) is 5.28 Å². The van der Waals surface area contributed by atoms with Crippen LogP contribution in [0.1, 0.15) is 33.6 Å². The molecule has 0 aliphatic carbocycles. The van der Waals surface area contributed by atoms with Crippen LogP contribution in [-0.4, -0.2) is 56.7 Å². The number of anilines is 1. The van der Waals surface area contributed by atoms with Gasteiger partial charge >= 0.3 is 6.09 Å². The van der Waals surface area contributed by atoms with Gasteiger partial charge in [-0.25, -0.2) is 19.2 Å². The summed E-state index contributed by atoms with van der Waals surface area (Å²) >= 11 is 11.8. The lowest BCUT2D eigenvalue weighted by molar-refractivity contribution is 0.0123. The second kappa shape index (κ2) is 6.84. The summed E-state index contributed by atoms with van der Waals surface area (Å²) in [6.07, 6.45) is 2.89. The number of carbonyl (C=O) groups is 1. The van der Waals surface area contributed by atoms with Crippen LogP contribution >= 0.6 is 23.2 Å². The first kappa shape index (κ1) is 19.4. The number of amides is 1. The molecule has 2 bridgehead atoms. The van der Waals surface area contributed by atoms with Crippen LogP contribution in [0.25, 0.3) is 10.9 Å². The molecule has 2 aromatic rings. The third-order valence-corrected chi connectivity index (χ3v) is 5.41. The van der Waals surface area contributed by atoms with Crippen molar-refractivity contribution in [1.29, 1.82) is 0 Å². The third kappa shape index (κ3) is 3.43. The van der Waals surface area contributed by atoms with Gasteiger partial charge in [-0.1, -0.05) is 11.6 Å². The van der Waals surface area contributed by atoms with Crippen molar-refractivity contribution in [2.45, 2.75) is 51.3 Å². The Morgan fingerprint density at radius 1 is 1.21 bits per heavy atom. The van der Waals surface area contributed by atoms with Crippen LogP contribution in [0.5, 0.6) is 0 Å². The van der Waals surface area contributed by atoms with Crippen LogP contribution in [0.2, 0.25) is 10.4 Å². The minimum absolute atomic E-state index is 0.0116. The van der Waals surface area contributed by atoms with E-state index in [9.17, 15) is 9.18 Å². The van der Waals surface area contributed by atoms with Gasteiger partial charge in [-0.15, -0.1) is 0 Å². The molecule has 7 nitrogen and oxygen atoms in total. The number of ether oxygens (including phenoxy) is 1. The highest BCUT2D eigenvalue weighted by atomic mass is 35.5. The van der Waals surface area contributed by atoms with Gasteiger partial charge in [0, 0.05) is 19.3 Å². The lowest BCUT2D eigenvalue weighted by Crippen LogP contribution is -2.57. The van der Waals surface area contributed by atoms with Crippen molar-refractivity contribution in [2.24, 2.45) is 0 Å². The topological polar surface area (TPSA) is 71.5 Å². The molecule has 2 fully saturated rings. The summed E-state index contributed by atoms with van der Waals surface area (Å²) in [5.41, 5.74) is -0.510. The Morgan fingerprint density at radius 3 is 2.46 bits per heavy atom. The number of halogens is 3. The molecular formula is C18H20Cl2FN5O2. The summed E-state index contributed by atoms with van der Waals surface area (Å²) in [5, 5.41) is 0.116. The van der Waals surface area contributed by atoms with Gasteiger partial charge in [0.25, 0.3) is 0 Å². The van der Waals surface area contributed by atoms with E-state index in [0.717, 1.165) is 12.8 Å². The molecule has 2 aromatic heterocycles. The summed E-state index contributed by atoms with van der Waals surface area (Å²) in [6.45, 7) is 6.64. The van der Waals surface area contributed by atoms with E-state index in [1.54, 1.807) is 0 Å². The minimum Gasteiger partial charge on any atom is -0.444 e. The van der Waals surface area contributed by atoms with E-state index in [2.05, 4.69) is 15.0 Å². The molecule has 10 heteroatoms. The van der Waals surface area contributed by atoms with Crippen molar-refractivity contribution in [2.75, 3.05) is 18.0 Å². The van der Waals surface area contributed by atoms with Crippen LogP contribution in [0.4, 0.5) is 15.0 Å². The van der Waals surface area contributed by atoms with Gasteiger partial charge in [-0.05, 0) is 45.2 Å². The molecule has 2 aliphatic heterocycles. The summed E-state index contributed by atoms with van der Waals surface area (Å²) in [6, 6.07) is -0.0232. The van der Waals surface area contributed by atoms with Crippen molar-refractivity contribution in [3.63, 3.8) is 0 Å². The van der Waals surface area contributed by atoms with E-state index >= 15 is 0 Å². The van der Waals surface area contributed by atoms with Crippen molar-refractivity contribution in [1.82, 2.24) is 19.9 Å². The van der Waals surface area contributed by atoms with Gasteiger partial charge in [0.05, 0.1) is 17.5 Å². The maximum Gasteiger partial charge on any atom is 0.410 e. The number of hydrogen-bond acceptors (Lipinski definition) is 6. The van der Waals surface area contributed by atoms with E-state index < -0.39 is 11.4 Å². The highest BCUT2D eigenvalue weighted by Gasteiger charge is 2.45. The number of rotatable bonds is 1. The number of nitrogens with zero attached hydrogens (tertiary/aromatic N) is 5. The second-order valence-electron chi connectivity index (χ2n) is 8.12. The zero-order valence-electron chi connectivity index (χ0n) is 15.7. The van der Waals surface area contributed by atoms with Crippen LogP contribution in [0.3, 0.4) is 0 Å². The standard InChI is InChI=1S/C18H20Cl2FN5O2/c1-18(2,3)28-17(27)26-9-4-5-10(26)8-25(7-9)15-11-6-22-14(19)12(21)13(11)23-16(20)24-15/h6,9-10H,4-5,7-8H2,1-3H3/t9-,10+. The molecular weight excluding hydrogens is 408 g/mol. The second-order valence-corrected chi connectivity index (χ2v) is 8.82. The monoisotopic (exact) mass is 427 g/mol. The summed E-state index contributed by atoms with van der Waals surface area (Å²) < 4.78 is 19.9. The largest absolute Gasteiger partial charge is 0.444 e. The maximum absolute atomic E-state index is 14.4. The first-order chi connectivity index (χ1) is 13.1. The van der Waals surface area contributed by atoms with E-state index in [4.69, 9.17) is 27.9 Å². The molecule has 1 amide bonds. The highest BCUT2D eigenvalue weighted by Crippen LogP contribution is 2.36. The van der Waals surface area contributed by atoms with Gasteiger partial charge in [0.15, 0.2) is 11.0 Å². The normalized spacial score (nSPS) is 22.1. The number of pyridine rings is 1. The lowest BCUT2D eigenvalue weighted by atomic mass is 10.1. The predicted octanol–water partition coefficient (Wildman–Crippen LogP) is 4.06. The van der Waals surface area contributed by atoms with E-state index in [-0.39, 0.29) is 34.1 Å². The molecule has 0 saturated carbocycles. The molecule has 4 rings (SSSR count). The van der Waals surface area contributed by atoms with E-state index in [0.29, 0.717) is 24.3 Å². The lowest BCUT2D eigenvalue weighted by Gasteiger charge is -2.42. The number of aromatic nitrogens is 3. The minimum atomic E-state index is -0.722. The summed E-state index contributed by atoms with van der Waals surface area (Å²) in [4.78, 5) is 28.6. The van der Waals surface area contributed by atoms with Crippen molar-refractivity contribution in [3.8, 4) is 0 Å². The Bertz CT molecular complexity index is 938. The van der Waals surface area contributed by atoms with Gasteiger partial charge in [-0.2, -0.15) is 4.98 Å².